The van der Waals surface area contributed by atoms with E-state index in [1.54, 1.807) is 0 Å². The smallest absolute Gasteiger partial charge is 0.199 e. The van der Waals surface area contributed by atoms with E-state index >= 15 is 0 Å². The van der Waals surface area contributed by atoms with E-state index in [0.717, 1.165) is 24.2 Å². The van der Waals surface area contributed by atoms with Crippen LogP contribution in [0.4, 0.5) is 0 Å². The molecule has 1 aromatic carbocycles. The van der Waals surface area contributed by atoms with Crippen molar-refractivity contribution >= 4 is 0 Å². The second-order valence-electron chi connectivity index (χ2n) is 4.62. The van der Waals surface area contributed by atoms with Gasteiger partial charge in [0, 0.05) is 6.42 Å². The summed E-state index contributed by atoms with van der Waals surface area (Å²) in [5.41, 5.74) is 2.36. The Morgan fingerprint density at radius 3 is 2.39 bits per heavy atom. The van der Waals surface area contributed by atoms with Crippen LogP contribution in [-0.2, 0) is 11.2 Å². The molecule has 0 bridgehead atoms. The first kappa shape index (κ1) is 14.8. The van der Waals surface area contributed by atoms with Gasteiger partial charge < -0.3 is 9.47 Å². The van der Waals surface area contributed by atoms with E-state index in [9.17, 15) is 0 Å². The van der Waals surface area contributed by atoms with Crippen LogP contribution in [0.25, 0.3) is 0 Å². The van der Waals surface area contributed by atoms with Crippen molar-refractivity contribution in [3.05, 3.63) is 42.0 Å². The standard InChI is InChI=1S/C16H24O2/c1-5-7-14-8-10-15(11-9-14)18-16(6-2)17-12-13(3)4/h8-11,16H,3,5-7,12H2,1-2,4H3. The maximum Gasteiger partial charge on any atom is 0.199 e. The van der Waals surface area contributed by atoms with Crippen LogP contribution < -0.4 is 4.74 Å². The topological polar surface area (TPSA) is 18.5 Å². The summed E-state index contributed by atoms with van der Waals surface area (Å²) in [6.07, 6.45) is 2.91. The fourth-order valence-corrected chi connectivity index (χ4v) is 1.65. The minimum atomic E-state index is -0.196. The molecule has 0 saturated heterocycles. The highest BCUT2D eigenvalue weighted by molar-refractivity contribution is 5.27. The van der Waals surface area contributed by atoms with Crippen molar-refractivity contribution in [1.29, 1.82) is 0 Å². The van der Waals surface area contributed by atoms with Crippen LogP contribution in [0.15, 0.2) is 36.4 Å². The summed E-state index contributed by atoms with van der Waals surface area (Å²) < 4.78 is 11.4. The molecule has 2 nitrogen and oxygen atoms in total. The van der Waals surface area contributed by atoms with Crippen LogP contribution in [0.2, 0.25) is 0 Å². The van der Waals surface area contributed by atoms with Crippen LogP contribution in [0.1, 0.15) is 39.2 Å². The minimum absolute atomic E-state index is 0.196. The van der Waals surface area contributed by atoms with E-state index in [2.05, 4.69) is 32.6 Å². The Morgan fingerprint density at radius 2 is 1.89 bits per heavy atom. The largest absolute Gasteiger partial charge is 0.465 e. The van der Waals surface area contributed by atoms with Gasteiger partial charge in [-0.25, -0.2) is 0 Å². The van der Waals surface area contributed by atoms with E-state index < -0.39 is 0 Å². The summed E-state index contributed by atoms with van der Waals surface area (Å²) in [7, 11) is 0. The zero-order chi connectivity index (χ0) is 13.4. The number of aryl methyl sites for hydroxylation is 1. The predicted octanol–water partition coefficient (Wildman–Crippen LogP) is 4.35. The van der Waals surface area contributed by atoms with Crippen molar-refractivity contribution in [2.45, 2.75) is 46.3 Å². The van der Waals surface area contributed by atoms with Crippen molar-refractivity contribution in [1.82, 2.24) is 0 Å². The van der Waals surface area contributed by atoms with Crippen LogP contribution in [0.5, 0.6) is 5.75 Å². The molecule has 1 unspecified atom stereocenters. The Hall–Kier alpha value is -1.28. The molecule has 1 aromatic rings. The summed E-state index contributed by atoms with van der Waals surface area (Å²) in [5, 5.41) is 0. The van der Waals surface area contributed by atoms with Crippen LogP contribution in [-0.4, -0.2) is 12.9 Å². The average Bonchev–Trinajstić information content (AvgIpc) is 2.36. The molecule has 0 heterocycles. The molecular weight excluding hydrogens is 224 g/mol. The van der Waals surface area contributed by atoms with Crippen molar-refractivity contribution < 1.29 is 9.47 Å². The van der Waals surface area contributed by atoms with Gasteiger partial charge in [0.15, 0.2) is 6.29 Å². The van der Waals surface area contributed by atoms with Gasteiger partial charge in [-0.2, -0.15) is 0 Å². The van der Waals surface area contributed by atoms with Crippen LogP contribution in [0.3, 0.4) is 0 Å². The molecule has 2 heteroatoms. The van der Waals surface area contributed by atoms with Crippen molar-refractivity contribution in [3.63, 3.8) is 0 Å². The first-order valence-corrected chi connectivity index (χ1v) is 6.67. The van der Waals surface area contributed by atoms with Gasteiger partial charge in [-0.15, -0.1) is 0 Å². The van der Waals surface area contributed by atoms with Crippen molar-refractivity contribution in [2.24, 2.45) is 0 Å². The Labute approximate surface area is 111 Å². The van der Waals surface area contributed by atoms with Gasteiger partial charge in [-0.05, 0) is 31.0 Å². The summed E-state index contributed by atoms with van der Waals surface area (Å²) in [5.74, 6) is 0.864. The van der Waals surface area contributed by atoms with Crippen molar-refractivity contribution in [2.75, 3.05) is 6.61 Å². The van der Waals surface area contributed by atoms with Gasteiger partial charge in [0.05, 0.1) is 6.61 Å². The molecule has 0 N–H and O–H groups in total. The lowest BCUT2D eigenvalue weighted by Crippen LogP contribution is -2.20. The molecule has 0 aromatic heterocycles. The molecule has 0 radical (unpaired) electrons. The highest BCUT2D eigenvalue weighted by atomic mass is 16.7. The summed E-state index contributed by atoms with van der Waals surface area (Å²) in [6.45, 7) is 10.6. The number of benzene rings is 1. The second-order valence-corrected chi connectivity index (χ2v) is 4.62. The summed E-state index contributed by atoms with van der Waals surface area (Å²) >= 11 is 0. The lowest BCUT2D eigenvalue weighted by atomic mass is 10.1. The third kappa shape index (κ3) is 5.37. The Kier molecular flexibility index (Phi) is 6.51. The van der Waals surface area contributed by atoms with Crippen molar-refractivity contribution in [3.8, 4) is 5.75 Å². The fraction of sp³-hybridized carbons (Fsp3) is 0.500. The SMILES string of the molecule is C=C(C)COC(CC)Oc1ccc(CCC)cc1. The monoisotopic (exact) mass is 248 g/mol. The van der Waals surface area contributed by atoms with Crippen LogP contribution in [0, 0.1) is 0 Å². The molecule has 0 aliphatic heterocycles. The zero-order valence-corrected chi connectivity index (χ0v) is 11.7. The zero-order valence-electron chi connectivity index (χ0n) is 11.7. The Morgan fingerprint density at radius 1 is 1.22 bits per heavy atom. The number of rotatable bonds is 8. The lowest BCUT2D eigenvalue weighted by Gasteiger charge is -2.18. The van der Waals surface area contributed by atoms with Crippen LogP contribution >= 0.6 is 0 Å². The van der Waals surface area contributed by atoms with E-state index in [4.69, 9.17) is 9.47 Å². The van der Waals surface area contributed by atoms with Gasteiger partial charge in [-0.1, -0.05) is 44.6 Å². The molecule has 0 aliphatic carbocycles. The van der Waals surface area contributed by atoms with Gasteiger partial charge in [-0.3, -0.25) is 0 Å². The third-order valence-electron chi connectivity index (χ3n) is 2.58. The van der Waals surface area contributed by atoms with E-state index in [1.165, 1.54) is 12.0 Å². The second kappa shape index (κ2) is 7.93. The van der Waals surface area contributed by atoms with Gasteiger partial charge >= 0.3 is 0 Å². The molecular formula is C16H24O2. The molecule has 1 atom stereocenters. The third-order valence-corrected chi connectivity index (χ3v) is 2.58. The normalized spacial score (nSPS) is 12.2. The van der Waals surface area contributed by atoms with E-state index in [0.29, 0.717) is 6.61 Å². The number of hydrogen-bond acceptors (Lipinski definition) is 2. The molecule has 18 heavy (non-hydrogen) atoms. The van der Waals surface area contributed by atoms with E-state index in [1.807, 2.05) is 19.1 Å². The van der Waals surface area contributed by atoms with Gasteiger partial charge in [0.2, 0.25) is 0 Å². The average molecular weight is 248 g/mol. The molecule has 0 fully saturated rings. The molecule has 1 rings (SSSR count). The Balaban J connectivity index is 2.50. The number of hydrogen-bond donors (Lipinski definition) is 0. The first-order chi connectivity index (χ1) is 8.65. The molecule has 0 amide bonds. The summed E-state index contributed by atoms with van der Waals surface area (Å²) in [6, 6.07) is 8.25. The number of ether oxygens (including phenoxy) is 2. The maximum atomic E-state index is 5.78. The minimum Gasteiger partial charge on any atom is -0.465 e. The fourth-order valence-electron chi connectivity index (χ4n) is 1.65. The summed E-state index contributed by atoms with van der Waals surface area (Å²) in [4.78, 5) is 0. The highest BCUT2D eigenvalue weighted by Crippen LogP contribution is 2.16. The molecule has 100 valence electrons. The van der Waals surface area contributed by atoms with Gasteiger partial charge in [0.25, 0.3) is 0 Å². The van der Waals surface area contributed by atoms with E-state index in [-0.39, 0.29) is 6.29 Å². The first-order valence-electron chi connectivity index (χ1n) is 6.67. The Bertz CT molecular complexity index is 354. The maximum absolute atomic E-state index is 5.78. The molecule has 0 spiro atoms. The molecule has 0 aliphatic rings. The quantitative estimate of drug-likeness (QED) is 0.503. The van der Waals surface area contributed by atoms with Gasteiger partial charge in [0.1, 0.15) is 5.75 Å². The highest BCUT2D eigenvalue weighted by Gasteiger charge is 2.08. The predicted molar refractivity (Wildman–Crippen MR) is 75.9 cm³/mol. The molecule has 0 saturated carbocycles. The lowest BCUT2D eigenvalue weighted by molar-refractivity contribution is -0.0727.